The zero-order valence-electron chi connectivity index (χ0n) is 8.33. The maximum Gasteiger partial charge on any atom is 0.324 e. The van der Waals surface area contributed by atoms with Gasteiger partial charge >= 0.3 is 11.0 Å². The minimum atomic E-state index is -0.770. The summed E-state index contributed by atoms with van der Waals surface area (Å²) in [6.45, 7) is 1.66. The van der Waals surface area contributed by atoms with Crippen molar-refractivity contribution in [3.05, 3.63) is 27.1 Å². The van der Waals surface area contributed by atoms with Gasteiger partial charge in [0, 0.05) is 30.6 Å². The molecular formula is C9H10N2O4S. The molecule has 0 atom stereocenters. The van der Waals surface area contributed by atoms with Gasteiger partial charge in [-0.25, -0.2) is 0 Å². The molecule has 2 rings (SSSR count). The van der Waals surface area contributed by atoms with Crippen molar-refractivity contribution in [1.29, 1.82) is 0 Å². The van der Waals surface area contributed by atoms with Crippen molar-refractivity contribution in [2.75, 3.05) is 13.1 Å². The van der Waals surface area contributed by atoms with E-state index in [1.165, 1.54) is 6.07 Å². The average Bonchev–Trinajstić information content (AvgIpc) is 2.58. The monoisotopic (exact) mass is 242 g/mol. The van der Waals surface area contributed by atoms with Crippen molar-refractivity contribution in [2.24, 2.45) is 5.92 Å². The van der Waals surface area contributed by atoms with Gasteiger partial charge in [-0.05, 0) is 6.07 Å². The molecule has 1 fully saturated rings. The lowest BCUT2D eigenvalue weighted by atomic mass is 10.0. The summed E-state index contributed by atoms with van der Waals surface area (Å²) in [6.07, 6.45) is 0. The summed E-state index contributed by atoms with van der Waals surface area (Å²) >= 11 is 1.14. The Morgan fingerprint density at radius 2 is 2.31 bits per heavy atom. The lowest BCUT2D eigenvalue weighted by Gasteiger charge is -2.36. The largest absolute Gasteiger partial charge is 0.481 e. The molecule has 0 unspecified atom stereocenters. The van der Waals surface area contributed by atoms with Crippen LogP contribution in [-0.4, -0.2) is 34.0 Å². The van der Waals surface area contributed by atoms with Crippen molar-refractivity contribution in [3.63, 3.8) is 0 Å². The fourth-order valence-electron chi connectivity index (χ4n) is 1.63. The quantitative estimate of drug-likeness (QED) is 0.633. The van der Waals surface area contributed by atoms with Crippen LogP contribution in [-0.2, 0) is 11.3 Å². The number of hydrogen-bond acceptors (Lipinski definition) is 5. The molecule has 6 nitrogen and oxygen atoms in total. The Morgan fingerprint density at radius 1 is 1.62 bits per heavy atom. The summed E-state index contributed by atoms with van der Waals surface area (Å²) in [4.78, 5) is 23.5. The van der Waals surface area contributed by atoms with Crippen molar-refractivity contribution in [3.8, 4) is 0 Å². The van der Waals surface area contributed by atoms with Crippen LogP contribution in [0.5, 0.6) is 0 Å². The molecule has 86 valence electrons. The van der Waals surface area contributed by atoms with E-state index in [1.54, 1.807) is 6.07 Å². The summed E-state index contributed by atoms with van der Waals surface area (Å²) in [7, 11) is 0. The zero-order chi connectivity index (χ0) is 11.7. The van der Waals surface area contributed by atoms with E-state index >= 15 is 0 Å². The molecule has 0 aliphatic carbocycles. The van der Waals surface area contributed by atoms with Crippen LogP contribution < -0.4 is 0 Å². The third kappa shape index (κ3) is 2.20. The number of aliphatic carboxylic acids is 1. The molecule has 1 saturated heterocycles. The summed E-state index contributed by atoms with van der Waals surface area (Å²) in [6, 6.07) is 3.20. The lowest BCUT2D eigenvalue weighted by Crippen LogP contribution is -2.49. The highest BCUT2D eigenvalue weighted by Crippen LogP contribution is 2.27. The highest BCUT2D eigenvalue weighted by molar-refractivity contribution is 7.15. The number of likely N-dealkylation sites (tertiary alicyclic amines) is 1. The maximum atomic E-state index is 10.6. The molecule has 1 N–H and O–H groups in total. The maximum absolute atomic E-state index is 10.6. The van der Waals surface area contributed by atoms with E-state index in [1.807, 2.05) is 4.90 Å². The van der Waals surface area contributed by atoms with E-state index in [-0.39, 0.29) is 10.9 Å². The molecule has 7 heteroatoms. The minimum Gasteiger partial charge on any atom is -0.481 e. The van der Waals surface area contributed by atoms with Gasteiger partial charge in [0.15, 0.2) is 0 Å². The Bertz CT molecular complexity index is 425. The number of carboxylic acids is 1. The summed E-state index contributed by atoms with van der Waals surface area (Å²) in [5, 5.41) is 19.3. The number of nitrogens with zero attached hydrogens (tertiary/aromatic N) is 2. The van der Waals surface area contributed by atoms with E-state index in [4.69, 9.17) is 5.11 Å². The van der Waals surface area contributed by atoms with Crippen LogP contribution in [0.3, 0.4) is 0 Å². The van der Waals surface area contributed by atoms with Gasteiger partial charge in [0.2, 0.25) is 0 Å². The number of hydrogen-bond donors (Lipinski definition) is 1. The molecule has 16 heavy (non-hydrogen) atoms. The van der Waals surface area contributed by atoms with Gasteiger partial charge in [-0.1, -0.05) is 11.3 Å². The van der Waals surface area contributed by atoms with E-state index in [0.29, 0.717) is 19.6 Å². The number of nitro groups is 1. The summed E-state index contributed by atoms with van der Waals surface area (Å²) in [5.74, 6) is -1.05. The molecule has 0 bridgehead atoms. The number of carbonyl (C=O) groups is 1. The smallest absolute Gasteiger partial charge is 0.324 e. The van der Waals surface area contributed by atoms with Crippen molar-refractivity contribution < 1.29 is 14.8 Å². The highest BCUT2D eigenvalue weighted by atomic mass is 32.1. The van der Waals surface area contributed by atoms with Gasteiger partial charge in [-0.3, -0.25) is 19.8 Å². The third-order valence-electron chi connectivity index (χ3n) is 2.51. The van der Waals surface area contributed by atoms with E-state index in [2.05, 4.69) is 0 Å². The first-order chi connectivity index (χ1) is 7.56. The number of rotatable bonds is 4. The predicted octanol–water partition coefficient (Wildman–Crippen LogP) is 1.17. The first-order valence-electron chi connectivity index (χ1n) is 4.74. The molecule has 1 aliphatic heterocycles. The van der Waals surface area contributed by atoms with Gasteiger partial charge in [0.25, 0.3) is 0 Å². The molecule has 1 aromatic rings. The summed E-state index contributed by atoms with van der Waals surface area (Å²) in [5.41, 5.74) is 0. The first-order valence-corrected chi connectivity index (χ1v) is 5.56. The number of thiophene rings is 1. The van der Waals surface area contributed by atoms with Crippen molar-refractivity contribution >= 4 is 22.3 Å². The Morgan fingerprint density at radius 3 is 2.81 bits per heavy atom. The Kier molecular flexibility index (Phi) is 2.88. The molecule has 1 aliphatic rings. The van der Waals surface area contributed by atoms with Crippen molar-refractivity contribution in [2.45, 2.75) is 6.54 Å². The van der Waals surface area contributed by atoms with Gasteiger partial charge in [0.05, 0.1) is 10.8 Å². The van der Waals surface area contributed by atoms with Crippen LogP contribution >= 0.6 is 11.3 Å². The third-order valence-corrected chi connectivity index (χ3v) is 3.53. The molecule has 0 amide bonds. The van der Waals surface area contributed by atoms with E-state index in [0.717, 1.165) is 16.2 Å². The van der Waals surface area contributed by atoms with Gasteiger partial charge in [-0.2, -0.15) is 0 Å². The second-order valence-electron chi connectivity index (χ2n) is 3.73. The first kappa shape index (κ1) is 11.0. The molecule has 0 radical (unpaired) electrons. The molecule has 0 spiro atoms. The van der Waals surface area contributed by atoms with Crippen molar-refractivity contribution in [1.82, 2.24) is 4.90 Å². The predicted molar refractivity (Wildman–Crippen MR) is 57.4 cm³/mol. The Labute approximate surface area is 95.3 Å². The second kappa shape index (κ2) is 4.18. The number of carboxylic acid groups (broad SMARTS) is 1. The van der Waals surface area contributed by atoms with Gasteiger partial charge in [0.1, 0.15) is 0 Å². The van der Waals surface area contributed by atoms with Crippen LogP contribution in [0.1, 0.15) is 4.88 Å². The van der Waals surface area contributed by atoms with Crippen LogP contribution in [0.15, 0.2) is 12.1 Å². The molecule has 0 aromatic carbocycles. The summed E-state index contributed by atoms with van der Waals surface area (Å²) < 4.78 is 0. The molecule has 0 saturated carbocycles. The van der Waals surface area contributed by atoms with E-state index in [9.17, 15) is 14.9 Å². The standard InChI is InChI=1S/C9H10N2O4S/c12-9(13)6-3-10(4-6)5-7-1-2-8(16-7)11(14)15/h1-2,6H,3-5H2,(H,12,13). The fraction of sp³-hybridized carbons (Fsp3) is 0.444. The van der Waals surface area contributed by atoms with Crippen LogP contribution in [0.25, 0.3) is 0 Å². The Balaban J connectivity index is 1.87. The highest BCUT2D eigenvalue weighted by Gasteiger charge is 2.32. The van der Waals surface area contributed by atoms with E-state index < -0.39 is 10.9 Å². The van der Waals surface area contributed by atoms with Crippen LogP contribution in [0.2, 0.25) is 0 Å². The molecular weight excluding hydrogens is 232 g/mol. The zero-order valence-corrected chi connectivity index (χ0v) is 9.14. The van der Waals surface area contributed by atoms with Gasteiger partial charge in [-0.15, -0.1) is 0 Å². The fourth-order valence-corrected chi connectivity index (χ4v) is 2.49. The van der Waals surface area contributed by atoms with Crippen LogP contribution in [0, 0.1) is 16.0 Å². The minimum absolute atomic E-state index is 0.130. The molecule has 1 aromatic heterocycles. The topological polar surface area (TPSA) is 83.7 Å². The normalized spacial score (nSPS) is 17.0. The van der Waals surface area contributed by atoms with Gasteiger partial charge < -0.3 is 5.11 Å². The lowest BCUT2D eigenvalue weighted by molar-refractivity contribution is -0.380. The average molecular weight is 242 g/mol. The molecule has 2 heterocycles. The van der Waals surface area contributed by atoms with Crippen LogP contribution in [0.4, 0.5) is 5.00 Å². The second-order valence-corrected chi connectivity index (χ2v) is 4.87. The Hall–Kier alpha value is -1.47. The SMILES string of the molecule is O=C(O)C1CN(Cc2ccc([N+](=O)[O-])s2)C1.